The summed E-state index contributed by atoms with van der Waals surface area (Å²) in [6.45, 7) is 6.72. The molecule has 1 aliphatic rings. The van der Waals surface area contributed by atoms with Crippen molar-refractivity contribution >= 4 is 11.9 Å². The molecule has 3 N–H and O–H groups in total. The zero-order chi connectivity index (χ0) is 16.3. The predicted octanol–water partition coefficient (Wildman–Crippen LogP) is 0.573. The van der Waals surface area contributed by atoms with E-state index in [1.54, 1.807) is 4.68 Å². The zero-order valence-corrected chi connectivity index (χ0v) is 13.3. The number of amides is 1. The molecule has 0 aromatic carbocycles. The first-order valence-corrected chi connectivity index (χ1v) is 7.77. The molecule has 7 heteroatoms. The van der Waals surface area contributed by atoms with Gasteiger partial charge in [-0.1, -0.05) is 0 Å². The topological polar surface area (TPSA) is 96.2 Å². The molecule has 7 nitrogen and oxygen atoms in total. The number of hydrogen-bond acceptors (Lipinski definition) is 4. The molecular weight excluding hydrogens is 284 g/mol. The molecule has 0 aliphatic heterocycles. The Balaban J connectivity index is 2.03. The van der Waals surface area contributed by atoms with Crippen LogP contribution in [-0.4, -0.2) is 45.4 Å². The lowest BCUT2D eigenvalue weighted by molar-refractivity contribution is -0.120. The molecule has 1 heterocycles. The van der Waals surface area contributed by atoms with Crippen LogP contribution >= 0.6 is 0 Å². The molecular formula is C15H24N4O3. The fraction of sp³-hybridized carbons (Fsp3) is 0.667. The van der Waals surface area contributed by atoms with Crippen molar-refractivity contribution in [2.75, 3.05) is 6.54 Å². The van der Waals surface area contributed by atoms with Crippen LogP contribution in [0.15, 0.2) is 0 Å². The van der Waals surface area contributed by atoms with Gasteiger partial charge in [-0.25, -0.2) is 4.79 Å². The number of carbonyl (C=O) groups is 2. The van der Waals surface area contributed by atoms with Gasteiger partial charge in [0.25, 0.3) is 0 Å². The number of carboxylic acids is 1. The number of carbonyl (C=O) groups excluding carboxylic acids is 1. The summed E-state index contributed by atoms with van der Waals surface area (Å²) < 4.78 is 1.78. The van der Waals surface area contributed by atoms with Crippen LogP contribution in [0.4, 0.5) is 0 Å². The minimum atomic E-state index is -0.985. The maximum Gasteiger partial charge on any atom is 0.356 e. The second-order valence-corrected chi connectivity index (χ2v) is 5.94. The average Bonchev–Trinajstić information content (AvgIpc) is 2.82. The maximum atomic E-state index is 11.7. The Labute approximate surface area is 130 Å². The van der Waals surface area contributed by atoms with Gasteiger partial charge in [-0.3, -0.25) is 9.48 Å². The van der Waals surface area contributed by atoms with Crippen molar-refractivity contribution in [2.45, 2.75) is 58.7 Å². The Kier molecular flexibility index (Phi) is 5.18. The zero-order valence-electron chi connectivity index (χ0n) is 13.3. The van der Waals surface area contributed by atoms with E-state index in [0.717, 1.165) is 24.1 Å². The molecule has 1 atom stereocenters. The van der Waals surface area contributed by atoms with Crippen LogP contribution < -0.4 is 10.6 Å². The molecule has 0 saturated heterocycles. The number of fused-ring (bicyclic) bond motifs is 1. The highest BCUT2D eigenvalue weighted by Gasteiger charge is 2.28. The molecule has 1 amide bonds. The minimum absolute atomic E-state index is 0.0384. The van der Waals surface area contributed by atoms with Gasteiger partial charge in [0, 0.05) is 29.9 Å². The fourth-order valence-corrected chi connectivity index (χ4v) is 2.91. The molecule has 0 bridgehead atoms. The van der Waals surface area contributed by atoms with Crippen molar-refractivity contribution in [3.63, 3.8) is 0 Å². The lowest BCUT2D eigenvalue weighted by Gasteiger charge is -2.24. The summed E-state index contributed by atoms with van der Waals surface area (Å²) in [4.78, 5) is 23.0. The Morgan fingerprint density at radius 2 is 2.18 bits per heavy atom. The van der Waals surface area contributed by atoms with Crippen LogP contribution in [-0.2, 0) is 24.2 Å². The first-order valence-electron chi connectivity index (χ1n) is 7.77. The summed E-state index contributed by atoms with van der Waals surface area (Å²) in [5, 5.41) is 19.5. The lowest BCUT2D eigenvalue weighted by Crippen LogP contribution is -2.43. The highest BCUT2D eigenvalue weighted by molar-refractivity contribution is 5.87. The van der Waals surface area contributed by atoms with Crippen LogP contribution in [0.3, 0.4) is 0 Å². The summed E-state index contributed by atoms with van der Waals surface area (Å²) >= 11 is 0. The molecule has 22 heavy (non-hydrogen) atoms. The predicted molar refractivity (Wildman–Crippen MR) is 82.0 cm³/mol. The van der Waals surface area contributed by atoms with Gasteiger partial charge in [-0.2, -0.15) is 5.10 Å². The van der Waals surface area contributed by atoms with Crippen molar-refractivity contribution in [3.05, 3.63) is 17.0 Å². The molecule has 0 fully saturated rings. The van der Waals surface area contributed by atoms with Gasteiger partial charge in [0.2, 0.25) is 5.91 Å². The number of nitrogens with zero attached hydrogens (tertiary/aromatic N) is 2. The standard InChI is InChI=1S/C15H24N4O3/c1-4-19-12-6-5-10(16-8-13(20)17-9(2)3)7-11(12)14(18-19)15(21)22/h9-10,16H,4-8H2,1-3H3,(H,17,20)(H,21,22)/t10-/m1/s1. The van der Waals surface area contributed by atoms with E-state index in [-0.39, 0.29) is 30.2 Å². The molecule has 122 valence electrons. The number of aryl methyl sites for hydroxylation is 1. The Morgan fingerprint density at radius 3 is 2.77 bits per heavy atom. The third-order valence-corrected chi connectivity index (χ3v) is 3.85. The van der Waals surface area contributed by atoms with Crippen LogP contribution in [0.2, 0.25) is 0 Å². The lowest BCUT2D eigenvalue weighted by atomic mass is 9.91. The van der Waals surface area contributed by atoms with Crippen LogP contribution in [0.5, 0.6) is 0 Å². The first kappa shape index (κ1) is 16.5. The van der Waals surface area contributed by atoms with Gasteiger partial charge in [-0.05, 0) is 40.0 Å². The average molecular weight is 308 g/mol. The molecule has 1 aliphatic carbocycles. The number of aromatic nitrogens is 2. The van der Waals surface area contributed by atoms with Gasteiger partial charge >= 0.3 is 5.97 Å². The first-order chi connectivity index (χ1) is 10.4. The van der Waals surface area contributed by atoms with Crippen LogP contribution in [0.25, 0.3) is 0 Å². The summed E-state index contributed by atoms with van der Waals surface area (Å²) in [6, 6.07) is 0.228. The largest absolute Gasteiger partial charge is 0.476 e. The number of rotatable bonds is 6. The van der Waals surface area contributed by atoms with E-state index in [4.69, 9.17) is 0 Å². The third kappa shape index (κ3) is 3.65. The van der Waals surface area contributed by atoms with E-state index >= 15 is 0 Å². The third-order valence-electron chi connectivity index (χ3n) is 3.85. The number of nitrogens with one attached hydrogen (secondary N) is 2. The van der Waals surface area contributed by atoms with E-state index in [1.807, 2.05) is 20.8 Å². The second kappa shape index (κ2) is 6.91. The smallest absolute Gasteiger partial charge is 0.356 e. The van der Waals surface area contributed by atoms with Gasteiger partial charge in [-0.15, -0.1) is 0 Å². The number of aromatic carboxylic acids is 1. The van der Waals surface area contributed by atoms with Crippen molar-refractivity contribution in [1.82, 2.24) is 20.4 Å². The van der Waals surface area contributed by atoms with Crippen LogP contribution in [0, 0.1) is 0 Å². The molecule has 1 aromatic rings. The molecule has 1 aromatic heterocycles. The van der Waals surface area contributed by atoms with E-state index in [0.29, 0.717) is 13.0 Å². The molecule has 0 saturated carbocycles. The summed E-state index contributed by atoms with van der Waals surface area (Å²) in [5.41, 5.74) is 1.97. The summed E-state index contributed by atoms with van der Waals surface area (Å²) in [7, 11) is 0. The van der Waals surface area contributed by atoms with E-state index in [2.05, 4.69) is 15.7 Å². The number of carboxylic acid groups (broad SMARTS) is 1. The Bertz CT molecular complexity index is 565. The normalized spacial score (nSPS) is 17.4. The monoisotopic (exact) mass is 308 g/mol. The van der Waals surface area contributed by atoms with Crippen molar-refractivity contribution in [3.8, 4) is 0 Å². The van der Waals surface area contributed by atoms with Crippen molar-refractivity contribution < 1.29 is 14.7 Å². The second-order valence-electron chi connectivity index (χ2n) is 5.94. The van der Waals surface area contributed by atoms with Gasteiger partial charge in [0.05, 0.1) is 6.54 Å². The summed E-state index contributed by atoms with van der Waals surface area (Å²) in [5.74, 6) is -1.02. The van der Waals surface area contributed by atoms with Crippen molar-refractivity contribution in [2.24, 2.45) is 0 Å². The Hall–Kier alpha value is -1.89. The SMILES string of the molecule is CCn1nc(C(=O)O)c2c1CC[C@@H](NCC(=O)NC(C)C)C2. The van der Waals surface area contributed by atoms with E-state index < -0.39 is 5.97 Å². The highest BCUT2D eigenvalue weighted by Crippen LogP contribution is 2.25. The van der Waals surface area contributed by atoms with E-state index in [1.165, 1.54) is 0 Å². The Morgan fingerprint density at radius 1 is 1.45 bits per heavy atom. The summed E-state index contributed by atoms with van der Waals surface area (Å²) in [6.07, 6.45) is 2.27. The van der Waals surface area contributed by atoms with Gasteiger partial charge in [0.1, 0.15) is 0 Å². The highest BCUT2D eigenvalue weighted by atomic mass is 16.4. The van der Waals surface area contributed by atoms with E-state index in [9.17, 15) is 14.7 Å². The molecule has 0 spiro atoms. The fourth-order valence-electron chi connectivity index (χ4n) is 2.91. The molecule has 0 radical (unpaired) electrons. The van der Waals surface area contributed by atoms with Gasteiger partial charge < -0.3 is 15.7 Å². The maximum absolute atomic E-state index is 11.7. The quantitative estimate of drug-likeness (QED) is 0.714. The van der Waals surface area contributed by atoms with Crippen molar-refractivity contribution in [1.29, 1.82) is 0 Å². The molecule has 2 rings (SSSR count). The minimum Gasteiger partial charge on any atom is -0.476 e. The number of hydrogen-bond donors (Lipinski definition) is 3. The van der Waals surface area contributed by atoms with Gasteiger partial charge in [0.15, 0.2) is 5.69 Å². The van der Waals surface area contributed by atoms with Crippen LogP contribution in [0.1, 0.15) is 48.9 Å². The molecule has 0 unspecified atom stereocenters.